The first kappa shape index (κ1) is 63.1. The Morgan fingerprint density at radius 3 is 1.25 bits per heavy atom. The van der Waals surface area contributed by atoms with Crippen LogP contribution in [0.3, 0.4) is 0 Å². The lowest BCUT2D eigenvalue weighted by atomic mass is 10.0. The normalized spacial score (nSPS) is 12.9. The molecule has 1 amide bonds. The first-order valence-electron chi connectivity index (χ1n) is 28.7. The van der Waals surface area contributed by atoms with Crippen molar-refractivity contribution in [3.05, 3.63) is 36.5 Å². The predicted molar refractivity (Wildman–Crippen MR) is 283 cm³/mol. The van der Waals surface area contributed by atoms with Crippen LogP contribution in [0.25, 0.3) is 0 Å². The highest BCUT2D eigenvalue weighted by Crippen LogP contribution is 2.17. The maximum absolute atomic E-state index is 12.5. The van der Waals surface area contributed by atoms with Gasteiger partial charge in [-0.3, -0.25) is 9.59 Å². The van der Waals surface area contributed by atoms with Gasteiger partial charge < -0.3 is 20.3 Å². The van der Waals surface area contributed by atoms with Gasteiger partial charge in [0, 0.05) is 12.8 Å². The van der Waals surface area contributed by atoms with E-state index in [-0.39, 0.29) is 18.5 Å². The average Bonchev–Trinajstić information content (AvgIpc) is 3.31. The van der Waals surface area contributed by atoms with Crippen molar-refractivity contribution in [3.63, 3.8) is 0 Å². The Bertz CT molecular complexity index is 1060. The zero-order chi connectivity index (χ0) is 47.2. The lowest BCUT2D eigenvalue weighted by molar-refractivity contribution is -0.143. The fraction of sp³-hybridized carbons (Fsp3) is 0.864. The number of carbonyl (C=O) groups excluding carboxylic acids is 2. The van der Waals surface area contributed by atoms with Crippen molar-refractivity contribution in [2.45, 2.75) is 315 Å². The number of hydrogen-bond donors (Lipinski definition) is 3. The molecule has 382 valence electrons. The fourth-order valence-corrected chi connectivity index (χ4v) is 8.73. The van der Waals surface area contributed by atoms with Gasteiger partial charge in [-0.1, -0.05) is 249 Å². The van der Waals surface area contributed by atoms with E-state index in [2.05, 4.69) is 55.6 Å². The molecule has 6 heteroatoms. The summed E-state index contributed by atoms with van der Waals surface area (Å²) < 4.78 is 5.46. The molecule has 65 heavy (non-hydrogen) atoms. The minimum Gasteiger partial charge on any atom is -0.466 e. The van der Waals surface area contributed by atoms with Crippen LogP contribution in [0.1, 0.15) is 303 Å². The van der Waals surface area contributed by atoms with Crippen molar-refractivity contribution >= 4 is 11.9 Å². The van der Waals surface area contributed by atoms with Gasteiger partial charge in [-0.25, -0.2) is 0 Å². The van der Waals surface area contributed by atoms with Gasteiger partial charge in [-0.15, -0.1) is 0 Å². The number of carbonyl (C=O) groups is 2. The fourth-order valence-electron chi connectivity index (χ4n) is 8.73. The van der Waals surface area contributed by atoms with Gasteiger partial charge in [0.2, 0.25) is 5.91 Å². The second-order valence-corrected chi connectivity index (χ2v) is 19.6. The number of esters is 1. The molecule has 2 unspecified atom stereocenters. The molecule has 0 aliphatic rings. The predicted octanol–water partition coefficient (Wildman–Crippen LogP) is 17.6. The van der Waals surface area contributed by atoms with Crippen LogP contribution < -0.4 is 5.32 Å². The summed E-state index contributed by atoms with van der Waals surface area (Å²) in [6.45, 7) is 4.85. The molecule has 0 aliphatic carbocycles. The first-order chi connectivity index (χ1) is 32.0. The van der Waals surface area contributed by atoms with Gasteiger partial charge in [0.25, 0.3) is 0 Å². The van der Waals surface area contributed by atoms with E-state index in [9.17, 15) is 19.8 Å². The van der Waals surface area contributed by atoms with Gasteiger partial charge in [0.05, 0.1) is 25.4 Å². The van der Waals surface area contributed by atoms with Crippen LogP contribution >= 0.6 is 0 Å². The molecule has 0 rings (SSSR count). The number of aliphatic hydroxyl groups excluding tert-OH is 2. The van der Waals surface area contributed by atoms with E-state index in [0.29, 0.717) is 25.9 Å². The molecule has 0 saturated heterocycles. The summed E-state index contributed by atoms with van der Waals surface area (Å²) >= 11 is 0. The number of ether oxygens (including phenoxy) is 1. The lowest BCUT2D eigenvalue weighted by Crippen LogP contribution is -2.45. The van der Waals surface area contributed by atoms with Crippen molar-refractivity contribution in [2.75, 3.05) is 13.2 Å². The minimum atomic E-state index is -0.697. The molecule has 0 aliphatic heterocycles. The Balaban J connectivity index is 3.52. The van der Waals surface area contributed by atoms with E-state index in [1.54, 1.807) is 0 Å². The summed E-state index contributed by atoms with van der Waals surface area (Å²) in [5.41, 5.74) is 0. The molecule has 0 aromatic heterocycles. The maximum Gasteiger partial charge on any atom is 0.305 e. The molecule has 0 aromatic rings. The standard InChI is InChI=1S/C59H111NO5/c1-3-5-7-9-11-13-15-17-19-21-23-25-26-28-30-32-35-39-43-47-51-57(62)56(55-61)60-58(63)52-48-44-40-36-34-38-42-46-50-54-65-59(64)53-49-45-41-37-33-31-29-27-24-22-20-18-16-14-12-10-8-6-4-2/h12,14,18,20,36,40,56-57,61-62H,3-11,13,15-17,19,21-35,37-39,41-55H2,1-2H3,(H,60,63)/b14-12-,20-18-,40-36-. The molecule has 3 N–H and O–H groups in total. The van der Waals surface area contributed by atoms with Gasteiger partial charge in [0.1, 0.15) is 0 Å². The molecule has 0 fully saturated rings. The van der Waals surface area contributed by atoms with E-state index in [1.165, 1.54) is 193 Å². The number of amides is 1. The highest BCUT2D eigenvalue weighted by molar-refractivity contribution is 5.76. The van der Waals surface area contributed by atoms with E-state index < -0.39 is 12.1 Å². The minimum absolute atomic E-state index is 0.0390. The maximum atomic E-state index is 12.5. The second-order valence-electron chi connectivity index (χ2n) is 19.6. The molecule has 0 bridgehead atoms. The Hall–Kier alpha value is -1.92. The summed E-state index contributed by atoms with van der Waals surface area (Å²) in [6, 6.07) is -0.581. The second kappa shape index (κ2) is 54.7. The number of allylic oxidation sites excluding steroid dienone is 6. The Morgan fingerprint density at radius 1 is 0.431 bits per heavy atom. The number of rotatable bonds is 53. The van der Waals surface area contributed by atoms with E-state index in [4.69, 9.17) is 4.74 Å². The average molecular weight is 915 g/mol. The third-order valence-electron chi connectivity index (χ3n) is 13.2. The smallest absolute Gasteiger partial charge is 0.305 e. The van der Waals surface area contributed by atoms with E-state index in [1.807, 2.05) is 0 Å². The Kier molecular flexibility index (Phi) is 53.1. The summed E-state index contributed by atoms with van der Waals surface area (Å²) in [4.78, 5) is 24.6. The molecule has 0 aromatic carbocycles. The third-order valence-corrected chi connectivity index (χ3v) is 13.2. The monoisotopic (exact) mass is 914 g/mol. The molecular weight excluding hydrogens is 803 g/mol. The molecular formula is C59H111NO5. The SMILES string of the molecule is CCCCC/C=C\C/C=C\CCCCCCCCCCCC(=O)OCCCCCC/C=C\CCCC(=O)NC(CO)C(O)CCCCCCCCCCCCCCCCCCCCCC. The zero-order valence-corrected chi connectivity index (χ0v) is 43.5. The van der Waals surface area contributed by atoms with Crippen LogP contribution in [-0.4, -0.2) is 47.4 Å². The molecule has 0 heterocycles. The number of aliphatic hydroxyl groups is 2. The van der Waals surface area contributed by atoms with Crippen LogP contribution in [-0.2, 0) is 14.3 Å². The highest BCUT2D eigenvalue weighted by atomic mass is 16.5. The largest absolute Gasteiger partial charge is 0.466 e. The van der Waals surface area contributed by atoms with Gasteiger partial charge >= 0.3 is 5.97 Å². The van der Waals surface area contributed by atoms with Crippen LogP contribution in [0.4, 0.5) is 0 Å². The quantitative estimate of drug-likeness (QED) is 0.0321. The third kappa shape index (κ3) is 51.3. The highest BCUT2D eigenvalue weighted by Gasteiger charge is 2.20. The van der Waals surface area contributed by atoms with Crippen molar-refractivity contribution in [3.8, 4) is 0 Å². The van der Waals surface area contributed by atoms with E-state index >= 15 is 0 Å². The lowest BCUT2D eigenvalue weighted by Gasteiger charge is -2.22. The molecule has 0 saturated carbocycles. The molecule has 0 spiro atoms. The van der Waals surface area contributed by atoms with Crippen LogP contribution in [0.15, 0.2) is 36.5 Å². The van der Waals surface area contributed by atoms with Crippen molar-refractivity contribution in [2.24, 2.45) is 0 Å². The Labute approximate surface area is 404 Å². The van der Waals surface area contributed by atoms with Gasteiger partial charge in [0.15, 0.2) is 0 Å². The zero-order valence-electron chi connectivity index (χ0n) is 43.5. The first-order valence-corrected chi connectivity index (χ1v) is 28.7. The van der Waals surface area contributed by atoms with Gasteiger partial charge in [-0.05, 0) is 77.0 Å². The van der Waals surface area contributed by atoms with Crippen molar-refractivity contribution in [1.82, 2.24) is 5.32 Å². The van der Waals surface area contributed by atoms with Crippen LogP contribution in [0.2, 0.25) is 0 Å². The number of unbranched alkanes of at least 4 members (excludes halogenated alkanes) is 36. The summed E-state index contributed by atoms with van der Waals surface area (Å²) in [5.74, 6) is -0.133. The van der Waals surface area contributed by atoms with Gasteiger partial charge in [-0.2, -0.15) is 0 Å². The number of hydrogen-bond acceptors (Lipinski definition) is 5. The Morgan fingerprint density at radius 2 is 0.785 bits per heavy atom. The molecule has 6 nitrogen and oxygen atoms in total. The summed E-state index contributed by atoms with van der Waals surface area (Å²) in [5, 5.41) is 23.3. The molecule has 0 radical (unpaired) electrons. The van der Waals surface area contributed by atoms with Crippen LogP contribution in [0, 0.1) is 0 Å². The van der Waals surface area contributed by atoms with E-state index in [0.717, 1.165) is 77.0 Å². The summed E-state index contributed by atoms with van der Waals surface area (Å²) in [6.07, 6.45) is 67.1. The van der Waals surface area contributed by atoms with Crippen LogP contribution in [0.5, 0.6) is 0 Å². The van der Waals surface area contributed by atoms with Crippen molar-refractivity contribution < 1.29 is 24.5 Å². The topological polar surface area (TPSA) is 95.9 Å². The van der Waals surface area contributed by atoms with Crippen molar-refractivity contribution in [1.29, 1.82) is 0 Å². The summed E-state index contributed by atoms with van der Waals surface area (Å²) in [7, 11) is 0. The number of nitrogens with one attached hydrogen (secondary N) is 1. The molecule has 2 atom stereocenters.